The van der Waals surface area contributed by atoms with Crippen molar-refractivity contribution in [1.29, 1.82) is 0 Å². The van der Waals surface area contributed by atoms with Gasteiger partial charge in [0.15, 0.2) is 0 Å². The van der Waals surface area contributed by atoms with Crippen LogP contribution < -0.4 is 15.4 Å². The van der Waals surface area contributed by atoms with Crippen molar-refractivity contribution in [1.82, 2.24) is 19.9 Å². The van der Waals surface area contributed by atoms with Crippen molar-refractivity contribution < 1.29 is 4.74 Å². The number of ether oxygens (including phenoxy) is 1. The SMILES string of the molecule is CCNc1nc(NC(C)CCN(C)C)nc(OC)n1. The minimum Gasteiger partial charge on any atom is -0.467 e. The van der Waals surface area contributed by atoms with Gasteiger partial charge in [0.2, 0.25) is 11.9 Å². The summed E-state index contributed by atoms with van der Waals surface area (Å²) in [5.41, 5.74) is 0. The summed E-state index contributed by atoms with van der Waals surface area (Å²) >= 11 is 0. The second-order valence-electron chi connectivity index (χ2n) is 4.64. The standard InChI is InChI=1S/C12H24N6O/c1-6-13-10-15-11(17-12(16-10)19-5)14-9(2)7-8-18(3)4/h9H,6-8H2,1-5H3,(H2,13,14,15,16,17). The van der Waals surface area contributed by atoms with Crippen LogP contribution in [0.15, 0.2) is 0 Å². The number of anilines is 2. The van der Waals surface area contributed by atoms with Crippen molar-refractivity contribution in [3.8, 4) is 6.01 Å². The van der Waals surface area contributed by atoms with Crippen molar-refractivity contribution in [2.24, 2.45) is 0 Å². The van der Waals surface area contributed by atoms with E-state index in [1.807, 2.05) is 6.92 Å². The van der Waals surface area contributed by atoms with Gasteiger partial charge in [-0.15, -0.1) is 0 Å². The van der Waals surface area contributed by atoms with E-state index in [1.54, 1.807) is 7.11 Å². The van der Waals surface area contributed by atoms with Crippen LogP contribution in [0, 0.1) is 0 Å². The summed E-state index contributed by atoms with van der Waals surface area (Å²) in [7, 11) is 5.66. The Morgan fingerprint density at radius 3 is 2.47 bits per heavy atom. The molecule has 1 aromatic rings. The Morgan fingerprint density at radius 2 is 1.89 bits per heavy atom. The summed E-state index contributed by atoms with van der Waals surface area (Å²) in [6.07, 6.45) is 1.01. The molecular formula is C12H24N6O. The lowest BCUT2D eigenvalue weighted by molar-refractivity contribution is 0.378. The monoisotopic (exact) mass is 268 g/mol. The fourth-order valence-electron chi connectivity index (χ4n) is 1.49. The molecule has 19 heavy (non-hydrogen) atoms. The van der Waals surface area contributed by atoms with Crippen molar-refractivity contribution in [2.45, 2.75) is 26.3 Å². The quantitative estimate of drug-likeness (QED) is 0.730. The highest BCUT2D eigenvalue weighted by molar-refractivity contribution is 5.36. The molecule has 0 radical (unpaired) electrons. The molecule has 1 rings (SSSR count). The average Bonchev–Trinajstić information content (AvgIpc) is 2.36. The van der Waals surface area contributed by atoms with Gasteiger partial charge in [-0.1, -0.05) is 0 Å². The fraction of sp³-hybridized carbons (Fsp3) is 0.750. The lowest BCUT2D eigenvalue weighted by Crippen LogP contribution is -2.24. The Balaban J connectivity index is 2.67. The molecule has 7 heteroatoms. The number of rotatable bonds is 8. The third-order valence-corrected chi connectivity index (χ3v) is 2.52. The van der Waals surface area contributed by atoms with E-state index in [0.29, 0.717) is 17.9 Å². The summed E-state index contributed by atoms with van der Waals surface area (Å²) in [6, 6.07) is 0.595. The summed E-state index contributed by atoms with van der Waals surface area (Å²) in [6.45, 7) is 5.86. The van der Waals surface area contributed by atoms with Gasteiger partial charge in [0.05, 0.1) is 7.11 Å². The Kier molecular flexibility index (Phi) is 6.27. The van der Waals surface area contributed by atoms with Gasteiger partial charge in [-0.2, -0.15) is 15.0 Å². The molecule has 0 spiro atoms. The number of nitrogens with one attached hydrogen (secondary N) is 2. The first-order chi connectivity index (χ1) is 9.05. The smallest absolute Gasteiger partial charge is 0.322 e. The predicted molar refractivity (Wildman–Crippen MR) is 76.8 cm³/mol. The van der Waals surface area contributed by atoms with E-state index in [0.717, 1.165) is 19.5 Å². The summed E-state index contributed by atoms with van der Waals surface area (Å²) in [4.78, 5) is 14.8. The molecule has 0 bridgehead atoms. The fourth-order valence-corrected chi connectivity index (χ4v) is 1.49. The van der Waals surface area contributed by atoms with Gasteiger partial charge >= 0.3 is 6.01 Å². The van der Waals surface area contributed by atoms with Crippen LogP contribution in [0.3, 0.4) is 0 Å². The van der Waals surface area contributed by atoms with Crippen LogP contribution in [0.4, 0.5) is 11.9 Å². The van der Waals surface area contributed by atoms with E-state index in [2.05, 4.69) is 51.5 Å². The van der Waals surface area contributed by atoms with Gasteiger partial charge in [0.1, 0.15) is 0 Å². The Morgan fingerprint density at radius 1 is 1.21 bits per heavy atom. The largest absolute Gasteiger partial charge is 0.467 e. The van der Waals surface area contributed by atoms with E-state index in [-0.39, 0.29) is 6.04 Å². The van der Waals surface area contributed by atoms with Crippen LogP contribution in [0.25, 0.3) is 0 Å². The van der Waals surface area contributed by atoms with Gasteiger partial charge in [0.25, 0.3) is 0 Å². The number of hydrogen-bond donors (Lipinski definition) is 2. The predicted octanol–water partition coefficient (Wildman–Crippen LogP) is 1.06. The van der Waals surface area contributed by atoms with Gasteiger partial charge < -0.3 is 20.3 Å². The van der Waals surface area contributed by atoms with Gasteiger partial charge in [-0.25, -0.2) is 0 Å². The minimum absolute atomic E-state index is 0.281. The average molecular weight is 268 g/mol. The molecule has 2 N–H and O–H groups in total. The second-order valence-corrected chi connectivity index (χ2v) is 4.64. The van der Waals surface area contributed by atoms with Crippen LogP contribution in [-0.2, 0) is 0 Å². The third kappa shape index (κ3) is 5.69. The molecule has 0 aromatic carbocycles. The molecule has 0 saturated carbocycles. The number of nitrogens with zero attached hydrogens (tertiary/aromatic N) is 4. The van der Waals surface area contributed by atoms with Crippen molar-refractivity contribution in [3.63, 3.8) is 0 Å². The van der Waals surface area contributed by atoms with Crippen molar-refractivity contribution >= 4 is 11.9 Å². The highest BCUT2D eigenvalue weighted by Gasteiger charge is 2.09. The highest BCUT2D eigenvalue weighted by atomic mass is 16.5. The molecule has 1 aromatic heterocycles. The molecule has 0 aliphatic rings. The lowest BCUT2D eigenvalue weighted by atomic mass is 10.2. The Labute approximate surface area is 114 Å². The molecule has 7 nitrogen and oxygen atoms in total. The number of hydrogen-bond acceptors (Lipinski definition) is 7. The molecule has 1 unspecified atom stereocenters. The van der Waals surface area contributed by atoms with E-state index >= 15 is 0 Å². The van der Waals surface area contributed by atoms with E-state index < -0.39 is 0 Å². The molecule has 0 saturated heterocycles. The first-order valence-corrected chi connectivity index (χ1v) is 6.50. The number of aromatic nitrogens is 3. The zero-order chi connectivity index (χ0) is 14.3. The summed E-state index contributed by atoms with van der Waals surface area (Å²) in [5, 5.41) is 6.32. The van der Waals surface area contributed by atoms with E-state index in [9.17, 15) is 0 Å². The van der Waals surface area contributed by atoms with Gasteiger partial charge in [-0.05, 0) is 40.9 Å². The molecule has 0 fully saturated rings. The summed E-state index contributed by atoms with van der Waals surface area (Å²) in [5.74, 6) is 1.06. The highest BCUT2D eigenvalue weighted by Crippen LogP contribution is 2.12. The molecule has 0 amide bonds. The molecule has 108 valence electrons. The maximum Gasteiger partial charge on any atom is 0.322 e. The van der Waals surface area contributed by atoms with Crippen LogP contribution >= 0.6 is 0 Å². The van der Waals surface area contributed by atoms with Gasteiger partial charge in [0, 0.05) is 12.6 Å². The first kappa shape index (κ1) is 15.4. The zero-order valence-electron chi connectivity index (χ0n) is 12.4. The maximum atomic E-state index is 5.07. The van der Waals surface area contributed by atoms with Crippen LogP contribution in [0.1, 0.15) is 20.3 Å². The molecule has 0 aliphatic heterocycles. The molecule has 1 heterocycles. The Bertz CT molecular complexity index is 384. The molecule has 0 aliphatic carbocycles. The Hall–Kier alpha value is -1.63. The third-order valence-electron chi connectivity index (χ3n) is 2.52. The van der Waals surface area contributed by atoms with Crippen LogP contribution in [-0.4, -0.2) is 60.2 Å². The van der Waals surface area contributed by atoms with Crippen molar-refractivity contribution in [2.75, 3.05) is 44.9 Å². The normalized spacial score (nSPS) is 12.3. The molecule has 1 atom stereocenters. The minimum atomic E-state index is 0.281. The maximum absolute atomic E-state index is 5.07. The van der Waals surface area contributed by atoms with Crippen LogP contribution in [0.5, 0.6) is 6.01 Å². The summed E-state index contributed by atoms with van der Waals surface area (Å²) < 4.78 is 5.07. The van der Waals surface area contributed by atoms with Crippen molar-refractivity contribution in [3.05, 3.63) is 0 Å². The number of methoxy groups -OCH3 is 1. The first-order valence-electron chi connectivity index (χ1n) is 6.50. The topological polar surface area (TPSA) is 75.2 Å². The zero-order valence-corrected chi connectivity index (χ0v) is 12.4. The van der Waals surface area contributed by atoms with Gasteiger partial charge in [-0.3, -0.25) is 0 Å². The molecular weight excluding hydrogens is 244 g/mol. The van der Waals surface area contributed by atoms with E-state index in [4.69, 9.17) is 4.74 Å². The van der Waals surface area contributed by atoms with E-state index in [1.165, 1.54) is 0 Å². The van der Waals surface area contributed by atoms with Crippen LogP contribution in [0.2, 0.25) is 0 Å². The lowest BCUT2D eigenvalue weighted by Gasteiger charge is -2.17. The second kappa shape index (κ2) is 7.73.